The largest absolute Gasteiger partial charge is 0.360 e. The quantitative estimate of drug-likeness (QED) is 0.809. The lowest BCUT2D eigenvalue weighted by atomic mass is 10.1. The van der Waals surface area contributed by atoms with Crippen LogP contribution in [0.15, 0.2) is 28.8 Å². The molecule has 0 fully saturated rings. The Bertz CT molecular complexity index is 770. The zero-order valence-electron chi connectivity index (χ0n) is 11.7. The molecule has 22 heavy (non-hydrogen) atoms. The molecule has 0 atom stereocenters. The molecule has 0 N–H and O–H groups in total. The van der Waals surface area contributed by atoms with E-state index in [1.165, 1.54) is 0 Å². The zero-order valence-corrected chi connectivity index (χ0v) is 12.5. The molecule has 0 aliphatic rings. The number of hydrogen-bond donors (Lipinski definition) is 0. The molecule has 0 aliphatic heterocycles. The van der Waals surface area contributed by atoms with E-state index >= 15 is 0 Å². The minimum absolute atomic E-state index is 0.195. The van der Waals surface area contributed by atoms with Crippen LogP contribution in [-0.4, -0.2) is 29.1 Å². The first-order valence-electron chi connectivity index (χ1n) is 6.34. The molecule has 6 nitrogen and oxygen atoms in total. The summed E-state index contributed by atoms with van der Waals surface area (Å²) in [5.41, 5.74) is 1.06. The van der Waals surface area contributed by atoms with Crippen LogP contribution in [0, 0.1) is 29.6 Å². The Balaban J connectivity index is 2.51. The molecule has 0 saturated carbocycles. The molecule has 0 saturated heterocycles. The van der Waals surface area contributed by atoms with Gasteiger partial charge in [0.2, 0.25) is 0 Å². The monoisotopic (exact) mass is 314 g/mol. The molecule has 7 heteroatoms. The van der Waals surface area contributed by atoms with E-state index in [2.05, 4.69) is 5.16 Å². The van der Waals surface area contributed by atoms with Crippen molar-refractivity contribution >= 4 is 17.5 Å². The summed E-state index contributed by atoms with van der Waals surface area (Å²) < 4.78 is 5.11. The van der Waals surface area contributed by atoms with Crippen molar-refractivity contribution in [3.8, 4) is 23.4 Å². The highest BCUT2D eigenvalue weighted by Crippen LogP contribution is 2.31. The fourth-order valence-corrected chi connectivity index (χ4v) is 2.21. The molecular weight excluding hydrogens is 304 g/mol. The molecule has 110 valence electrons. The summed E-state index contributed by atoms with van der Waals surface area (Å²) >= 11 is 6.14. The summed E-state index contributed by atoms with van der Waals surface area (Å²) in [5.74, 6) is -0.183. The number of rotatable bonds is 4. The lowest BCUT2D eigenvalue weighted by Gasteiger charge is -2.15. The van der Waals surface area contributed by atoms with Crippen LogP contribution >= 0.6 is 11.6 Å². The molecule has 2 rings (SSSR count). The van der Waals surface area contributed by atoms with Gasteiger partial charge in [-0.3, -0.25) is 4.79 Å². The van der Waals surface area contributed by atoms with Crippen LogP contribution in [-0.2, 0) is 0 Å². The van der Waals surface area contributed by atoms with Gasteiger partial charge in [0, 0.05) is 5.56 Å². The Morgan fingerprint density at radius 3 is 2.55 bits per heavy atom. The van der Waals surface area contributed by atoms with Crippen molar-refractivity contribution in [1.29, 1.82) is 10.5 Å². The highest BCUT2D eigenvalue weighted by atomic mass is 35.5. The summed E-state index contributed by atoms with van der Waals surface area (Å²) in [5, 5.41) is 21.9. The summed E-state index contributed by atoms with van der Waals surface area (Å²) in [6.45, 7) is 1.20. The van der Waals surface area contributed by atoms with Gasteiger partial charge < -0.3 is 9.42 Å². The van der Waals surface area contributed by atoms with Crippen LogP contribution in [0.2, 0.25) is 5.02 Å². The van der Waals surface area contributed by atoms with Gasteiger partial charge in [-0.15, -0.1) is 0 Å². The Kier molecular flexibility index (Phi) is 4.77. The molecule has 0 spiro atoms. The second kappa shape index (κ2) is 6.75. The molecule has 0 aliphatic carbocycles. The molecule has 2 aromatic rings. The standard InChI is InChI=1S/C15H11ClN4O2/c1-10-13(15(21)20(8-6-17)9-7-18)14(19-22-10)11-4-2-3-5-12(11)16/h2-5H,8-9H2,1H3. The Morgan fingerprint density at radius 1 is 1.32 bits per heavy atom. The van der Waals surface area contributed by atoms with Crippen molar-refractivity contribution in [1.82, 2.24) is 10.1 Å². The molecule has 1 heterocycles. The minimum atomic E-state index is -0.489. The molecule has 0 unspecified atom stereocenters. The first kappa shape index (κ1) is 15.6. The van der Waals surface area contributed by atoms with Crippen LogP contribution in [0.3, 0.4) is 0 Å². The number of halogens is 1. The maximum atomic E-state index is 12.6. The second-order valence-corrected chi connectivity index (χ2v) is 4.83. The number of aryl methyl sites for hydroxylation is 1. The van der Waals surface area contributed by atoms with Crippen LogP contribution in [0.25, 0.3) is 11.3 Å². The van der Waals surface area contributed by atoms with E-state index in [-0.39, 0.29) is 18.7 Å². The Labute approximate surface area is 132 Å². The van der Waals surface area contributed by atoms with Gasteiger partial charge >= 0.3 is 0 Å². The van der Waals surface area contributed by atoms with Crippen molar-refractivity contribution < 1.29 is 9.32 Å². The van der Waals surface area contributed by atoms with Gasteiger partial charge in [-0.25, -0.2) is 0 Å². The molecule has 1 aromatic carbocycles. The second-order valence-electron chi connectivity index (χ2n) is 4.42. The van der Waals surface area contributed by atoms with Crippen molar-refractivity contribution in [2.75, 3.05) is 13.1 Å². The lowest BCUT2D eigenvalue weighted by molar-refractivity contribution is 0.0793. The molecule has 1 aromatic heterocycles. The smallest absolute Gasteiger partial charge is 0.261 e. The van der Waals surface area contributed by atoms with Crippen molar-refractivity contribution in [3.63, 3.8) is 0 Å². The van der Waals surface area contributed by atoms with Crippen molar-refractivity contribution in [2.45, 2.75) is 6.92 Å². The SMILES string of the molecule is Cc1onc(-c2ccccc2Cl)c1C(=O)N(CC#N)CC#N. The molecule has 0 radical (unpaired) electrons. The molecule has 0 bridgehead atoms. The number of aromatic nitrogens is 1. The summed E-state index contributed by atoms with van der Waals surface area (Å²) in [6, 6.07) is 10.6. The van der Waals surface area contributed by atoms with Crippen molar-refractivity contribution in [2.24, 2.45) is 0 Å². The number of nitrogens with zero attached hydrogens (tertiary/aromatic N) is 4. The fourth-order valence-electron chi connectivity index (χ4n) is 1.99. The molecular formula is C15H11ClN4O2. The topological polar surface area (TPSA) is 93.9 Å². The molecule has 1 amide bonds. The predicted molar refractivity (Wildman–Crippen MR) is 78.8 cm³/mol. The number of benzene rings is 1. The fraction of sp³-hybridized carbons (Fsp3) is 0.200. The summed E-state index contributed by atoms with van der Waals surface area (Å²) in [4.78, 5) is 13.7. The maximum Gasteiger partial charge on any atom is 0.261 e. The number of amides is 1. The van der Waals surface area contributed by atoms with E-state index in [4.69, 9.17) is 26.6 Å². The van der Waals surface area contributed by atoms with Crippen LogP contribution < -0.4 is 0 Å². The third-order valence-corrected chi connectivity index (χ3v) is 3.35. The number of carbonyl (C=O) groups excluding carboxylic acids is 1. The van der Waals surface area contributed by atoms with Gasteiger partial charge in [0.25, 0.3) is 5.91 Å². The van der Waals surface area contributed by atoms with E-state index in [0.29, 0.717) is 22.0 Å². The van der Waals surface area contributed by atoms with Crippen LogP contribution in [0.5, 0.6) is 0 Å². The van der Waals surface area contributed by atoms with Crippen LogP contribution in [0.1, 0.15) is 16.1 Å². The number of carbonyl (C=O) groups is 1. The van der Waals surface area contributed by atoms with Crippen LogP contribution in [0.4, 0.5) is 0 Å². The van der Waals surface area contributed by atoms with Gasteiger partial charge in [0.1, 0.15) is 30.1 Å². The maximum absolute atomic E-state index is 12.6. The van der Waals surface area contributed by atoms with Gasteiger partial charge in [-0.1, -0.05) is 35.0 Å². The number of nitriles is 2. The normalized spacial score (nSPS) is 9.82. The van der Waals surface area contributed by atoms with Gasteiger partial charge in [-0.05, 0) is 13.0 Å². The third-order valence-electron chi connectivity index (χ3n) is 3.02. The summed E-state index contributed by atoms with van der Waals surface area (Å²) in [7, 11) is 0. The van der Waals surface area contributed by atoms with Gasteiger partial charge in [-0.2, -0.15) is 10.5 Å². The van der Waals surface area contributed by atoms with E-state index < -0.39 is 5.91 Å². The first-order valence-corrected chi connectivity index (χ1v) is 6.72. The van der Waals surface area contributed by atoms with E-state index in [1.54, 1.807) is 31.2 Å². The minimum Gasteiger partial charge on any atom is -0.360 e. The highest BCUT2D eigenvalue weighted by Gasteiger charge is 2.26. The van der Waals surface area contributed by atoms with E-state index in [1.807, 2.05) is 12.1 Å². The Morgan fingerprint density at radius 2 is 1.95 bits per heavy atom. The summed E-state index contributed by atoms with van der Waals surface area (Å²) in [6.07, 6.45) is 0. The Hall–Kier alpha value is -2.83. The van der Waals surface area contributed by atoms with E-state index in [0.717, 1.165) is 4.90 Å². The van der Waals surface area contributed by atoms with Crippen molar-refractivity contribution in [3.05, 3.63) is 40.6 Å². The van der Waals surface area contributed by atoms with Gasteiger partial charge in [0.15, 0.2) is 0 Å². The first-order chi connectivity index (χ1) is 10.6. The average Bonchev–Trinajstić information content (AvgIpc) is 2.88. The van der Waals surface area contributed by atoms with E-state index in [9.17, 15) is 4.79 Å². The number of hydrogen-bond acceptors (Lipinski definition) is 5. The predicted octanol–water partition coefficient (Wildman–Crippen LogP) is 2.79. The average molecular weight is 315 g/mol. The third kappa shape index (κ3) is 2.93. The zero-order chi connectivity index (χ0) is 16.1. The highest BCUT2D eigenvalue weighted by molar-refractivity contribution is 6.33. The van der Waals surface area contributed by atoms with Gasteiger partial charge in [0.05, 0.1) is 17.2 Å². The lowest BCUT2D eigenvalue weighted by Crippen LogP contribution is -2.32.